The van der Waals surface area contributed by atoms with E-state index in [1.54, 1.807) is 24.3 Å². The molecule has 0 atom stereocenters. The van der Waals surface area contributed by atoms with Crippen LogP contribution in [0.15, 0.2) is 66.7 Å². The Morgan fingerprint density at radius 1 is 1.07 bits per heavy atom. The number of hydrogen-bond acceptors (Lipinski definition) is 3. The van der Waals surface area contributed by atoms with E-state index in [0.717, 1.165) is 22.3 Å². The maximum Gasteiger partial charge on any atom is 0.262 e. The summed E-state index contributed by atoms with van der Waals surface area (Å²) in [5.41, 5.74) is 5.04. The lowest BCUT2D eigenvalue weighted by molar-refractivity contribution is -0.118. The smallest absolute Gasteiger partial charge is 0.262 e. The average molecular weight is 417 g/mol. The van der Waals surface area contributed by atoms with Gasteiger partial charge in [0.25, 0.3) is 5.91 Å². The number of carbonyl (C=O) groups is 1. The molecule has 0 heterocycles. The van der Waals surface area contributed by atoms with Crippen LogP contribution in [0.3, 0.4) is 0 Å². The summed E-state index contributed by atoms with van der Waals surface area (Å²) < 4.78 is 5.55. The molecule has 0 fully saturated rings. The van der Waals surface area contributed by atoms with Crippen LogP contribution in [0.25, 0.3) is 11.6 Å². The molecule has 30 heavy (non-hydrogen) atoms. The minimum atomic E-state index is -0.273. The fraction of sp³-hybridized carbons (Fsp3) is 0.120. The Balaban J connectivity index is 1.60. The topological polar surface area (TPSA) is 62.1 Å². The van der Waals surface area contributed by atoms with E-state index in [4.69, 9.17) is 16.3 Å². The fourth-order valence-electron chi connectivity index (χ4n) is 2.76. The first-order valence-electron chi connectivity index (χ1n) is 9.42. The largest absolute Gasteiger partial charge is 0.484 e. The second-order valence-corrected chi connectivity index (χ2v) is 7.31. The molecule has 0 aromatic heterocycles. The van der Waals surface area contributed by atoms with Gasteiger partial charge in [0, 0.05) is 10.7 Å². The molecule has 1 amide bonds. The average Bonchev–Trinajstić information content (AvgIpc) is 2.75. The van der Waals surface area contributed by atoms with Crippen molar-refractivity contribution in [1.29, 1.82) is 5.26 Å². The van der Waals surface area contributed by atoms with Gasteiger partial charge < -0.3 is 10.1 Å². The van der Waals surface area contributed by atoms with Gasteiger partial charge >= 0.3 is 0 Å². The van der Waals surface area contributed by atoms with Crippen LogP contribution in [-0.4, -0.2) is 12.5 Å². The number of nitrogens with one attached hydrogen (secondary N) is 1. The number of anilines is 1. The number of amides is 1. The van der Waals surface area contributed by atoms with E-state index in [2.05, 4.69) is 11.4 Å². The summed E-state index contributed by atoms with van der Waals surface area (Å²) in [5, 5.41) is 12.8. The van der Waals surface area contributed by atoms with Crippen molar-refractivity contribution in [3.05, 3.63) is 94.0 Å². The maximum atomic E-state index is 12.1. The first-order valence-corrected chi connectivity index (χ1v) is 9.80. The summed E-state index contributed by atoms with van der Waals surface area (Å²) in [6.07, 6.45) is 1.82. The van der Waals surface area contributed by atoms with Crippen molar-refractivity contribution in [2.75, 3.05) is 11.9 Å². The van der Waals surface area contributed by atoms with Crippen molar-refractivity contribution in [3.63, 3.8) is 0 Å². The number of halogens is 1. The Kier molecular flexibility index (Phi) is 6.90. The number of carbonyl (C=O) groups excluding carboxylic acids is 1. The molecular weight excluding hydrogens is 396 g/mol. The standard InChI is InChI=1S/C25H21ClN2O2/c1-17-3-8-20(9-4-17)21(15-27)13-19-6-11-23(12-7-19)30-16-25(29)28-22-10-5-18(2)24(26)14-22/h3-14H,16H2,1-2H3,(H,28,29)/b21-13+. The van der Waals surface area contributed by atoms with Gasteiger partial charge in [-0.2, -0.15) is 5.26 Å². The summed E-state index contributed by atoms with van der Waals surface area (Å²) in [4.78, 5) is 12.1. The second kappa shape index (κ2) is 9.78. The molecule has 0 aliphatic heterocycles. The highest BCUT2D eigenvalue weighted by Crippen LogP contribution is 2.21. The first-order chi connectivity index (χ1) is 14.4. The highest BCUT2D eigenvalue weighted by Gasteiger charge is 2.06. The summed E-state index contributed by atoms with van der Waals surface area (Å²) >= 11 is 6.07. The normalized spacial score (nSPS) is 10.9. The van der Waals surface area contributed by atoms with Gasteiger partial charge in [-0.1, -0.05) is 59.6 Å². The summed E-state index contributed by atoms with van der Waals surface area (Å²) in [6.45, 7) is 3.79. The number of aryl methyl sites for hydroxylation is 2. The minimum absolute atomic E-state index is 0.118. The first kappa shape index (κ1) is 21.2. The molecule has 150 valence electrons. The Morgan fingerprint density at radius 2 is 1.77 bits per heavy atom. The molecule has 3 aromatic carbocycles. The molecule has 5 heteroatoms. The zero-order valence-electron chi connectivity index (χ0n) is 16.8. The van der Waals surface area contributed by atoms with Crippen molar-refractivity contribution in [2.45, 2.75) is 13.8 Å². The predicted molar refractivity (Wildman–Crippen MR) is 121 cm³/mol. The number of ether oxygens (including phenoxy) is 1. The van der Waals surface area contributed by atoms with E-state index in [0.29, 0.717) is 22.0 Å². The van der Waals surface area contributed by atoms with Crippen LogP contribution in [0, 0.1) is 25.2 Å². The third-order valence-electron chi connectivity index (χ3n) is 4.50. The zero-order chi connectivity index (χ0) is 21.5. The Morgan fingerprint density at radius 3 is 2.40 bits per heavy atom. The van der Waals surface area contributed by atoms with Crippen molar-refractivity contribution in [3.8, 4) is 11.8 Å². The third kappa shape index (κ3) is 5.73. The van der Waals surface area contributed by atoms with Gasteiger partial charge in [0.15, 0.2) is 6.61 Å². The van der Waals surface area contributed by atoms with Crippen LogP contribution in [-0.2, 0) is 4.79 Å². The zero-order valence-corrected chi connectivity index (χ0v) is 17.5. The number of hydrogen-bond donors (Lipinski definition) is 1. The van der Waals surface area contributed by atoms with Crippen LogP contribution in [0.1, 0.15) is 22.3 Å². The van der Waals surface area contributed by atoms with Gasteiger partial charge in [-0.25, -0.2) is 0 Å². The van der Waals surface area contributed by atoms with Crippen LogP contribution in [0.4, 0.5) is 5.69 Å². The molecular formula is C25H21ClN2O2. The molecule has 0 unspecified atom stereocenters. The Labute approximate surface area is 181 Å². The molecule has 0 radical (unpaired) electrons. The van der Waals surface area contributed by atoms with Gasteiger partial charge in [0.2, 0.25) is 0 Å². The van der Waals surface area contributed by atoms with E-state index in [1.165, 1.54) is 0 Å². The van der Waals surface area contributed by atoms with Gasteiger partial charge in [-0.3, -0.25) is 4.79 Å². The van der Waals surface area contributed by atoms with Crippen molar-refractivity contribution >= 4 is 34.8 Å². The van der Waals surface area contributed by atoms with E-state index < -0.39 is 0 Å². The predicted octanol–water partition coefficient (Wildman–Crippen LogP) is 6.04. The van der Waals surface area contributed by atoms with E-state index >= 15 is 0 Å². The van der Waals surface area contributed by atoms with Gasteiger partial charge in [-0.05, 0) is 60.9 Å². The molecule has 0 spiro atoms. The lowest BCUT2D eigenvalue weighted by Crippen LogP contribution is -2.20. The summed E-state index contributed by atoms with van der Waals surface area (Å²) in [6, 6.07) is 22.6. The van der Waals surface area contributed by atoms with Crippen LogP contribution in [0.2, 0.25) is 5.02 Å². The molecule has 4 nitrogen and oxygen atoms in total. The number of nitrogens with zero attached hydrogens (tertiary/aromatic N) is 1. The lowest BCUT2D eigenvalue weighted by atomic mass is 10.0. The quantitative estimate of drug-likeness (QED) is 0.393. The molecule has 1 N–H and O–H groups in total. The molecule has 0 aliphatic rings. The number of nitriles is 1. The fourth-order valence-corrected chi connectivity index (χ4v) is 2.94. The van der Waals surface area contributed by atoms with Crippen molar-refractivity contribution in [1.82, 2.24) is 0 Å². The van der Waals surface area contributed by atoms with E-state index in [-0.39, 0.29) is 12.5 Å². The number of rotatable bonds is 6. The molecule has 3 rings (SSSR count). The number of allylic oxidation sites excluding steroid dienone is 1. The van der Waals surface area contributed by atoms with Crippen LogP contribution < -0.4 is 10.1 Å². The summed E-state index contributed by atoms with van der Waals surface area (Å²) in [7, 11) is 0. The monoisotopic (exact) mass is 416 g/mol. The van der Waals surface area contributed by atoms with Crippen LogP contribution >= 0.6 is 11.6 Å². The highest BCUT2D eigenvalue weighted by atomic mass is 35.5. The molecule has 0 saturated carbocycles. The third-order valence-corrected chi connectivity index (χ3v) is 4.91. The molecule has 3 aromatic rings. The minimum Gasteiger partial charge on any atom is -0.484 e. The Bertz CT molecular complexity index is 1110. The second-order valence-electron chi connectivity index (χ2n) is 6.91. The van der Waals surface area contributed by atoms with Gasteiger partial charge in [-0.15, -0.1) is 0 Å². The van der Waals surface area contributed by atoms with Crippen LogP contribution in [0.5, 0.6) is 5.75 Å². The Hall–Kier alpha value is -3.55. The molecule has 0 bridgehead atoms. The SMILES string of the molecule is Cc1ccc(/C(C#N)=C/c2ccc(OCC(=O)Nc3ccc(C)c(Cl)c3)cc2)cc1. The molecule has 0 saturated heterocycles. The van der Waals surface area contributed by atoms with Gasteiger partial charge in [0.1, 0.15) is 5.75 Å². The highest BCUT2D eigenvalue weighted by molar-refractivity contribution is 6.31. The van der Waals surface area contributed by atoms with Crippen molar-refractivity contribution in [2.24, 2.45) is 0 Å². The maximum absolute atomic E-state index is 12.1. The summed E-state index contributed by atoms with van der Waals surface area (Å²) in [5.74, 6) is 0.295. The van der Waals surface area contributed by atoms with E-state index in [9.17, 15) is 10.1 Å². The van der Waals surface area contributed by atoms with Gasteiger partial charge in [0.05, 0.1) is 11.6 Å². The lowest BCUT2D eigenvalue weighted by Gasteiger charge is -2.09. The van der Waals surface area contributed by atoms with E-state index in [1.807, 2.05) is 62.4 Å². The number of benzene rings is 3. The molecule has 0 aliphatic carbocycles. The van der Waals surface area contributed by atoms with Crippen molar-refractivity contribution < 1.29 is 9.53 Å².